The highest BCUT2D eigenvalue weighted by molar-refractivity contribution is 6.31. The number of hydrogen-bond acceptors (Lipinski definition) is 4. The normalized spacial score (nSPS) is 11.6. The molecule has 2 aromatic carbocycles. The smallest absolute Gasteiger partial charge is 0.335 e. The van der Waals surface area contributed by atoms with Crippen LogP contribution >= 0.6 is 11.6 Å². The standard InChI is InChI=1S/C23H16ClF2N3O4/c1-12(22(31)28-16-6-3-13(4-7-16)23(32)33)29-11-19(21(25)26)18(9-20(29)30)17-8-15(24)5-2-14(17)10-27/h2-9,11-12,21H,1H3,(H,28,31)(H,32,33). The Labute approximate surface area is 191 Å². The molecule has 0 aliphatic carbocycles. The number of nitrogens with zero attached hydrogens (tertiary/aromatic N) is 2. The highest BCUT2D eigenvalue weighted by Gasteiger charge is 2.23. The van der Waals surface area contributed by atoms with Crippen LogP contribution < -0.4 is 10.9 Å². The number of carbonyl (C=O) groups is 2. The van der Waals surface area contributed by atoms with Crippen molar-refractivity contribution in [3.05, 3.63) is 86.8 Å². The molecule has 3 rings (SSSR count). The van der Waals surface area contributed by atoms with Crippen LogP contribution in [0.15, 0.2) is 59.5 Å². The van der Waals surface area contributed by atoms with E-state index in [0.717, 1.165) is 16.8 Å². The molecule has 1 heterocycles. The average Bonchev–Trinajstić information content (AvgIpc) is 2.78. The van der Waals surface area contributed by atoms with E-state index in [1.54, 1.807) is 0 Å². The molecular weight excluding hydrogens is 456 g/mol. The number of anilines is 1. The number of carboxylic acids is 1. The van der Waals surface area contributed by atoms with Gasteiger partial charge in [0.25, 0.3) is 12.0 Å². The van der Waals surface area contributed by atoms with Gasteiger partial charge in [0.2, 0.25) is 5.91 Å². The molecule has 0 radical (unpaired) electrons. The Morgan fingerprint density at radius 2 is 1.79 bits per heavy atom. The van der Waals surface area contributed by atoms with E-state index in [-0.39, 0.29) is 33.0 Å². The minimum absolute atomic E-state index is 0.0205. The maximum absolute atomic E-state index is 13.9. The SMILES string of the molecule is CC(C(=O)Nc1ccc(C(=O)O)cc1)n1cc(C(F)F)c(-c2cc(Cl)ccc2C#N)cc1=O. The van der Waals surface area contributed by atoms with Crippen molar-refractivity contribution in [3.63, 3.8) is 0 Å². The molecule has 33 heavy (non-hydrogen) atoms. The predicted octanol–water partition coefficient (Wildman–Crippen LogP) is 4.88. The molecule has 0 fully saturated rings. The third-order valence-corrected chi connectivity index (χ3v) is 5.17. The summed E-state index contributed by atoms with van der Waals surface area (Å²) in [5.41, 5.74) is -0.988. The van der Waals surface area contributed by atoms with Crippen LogP contribution in [-0.2, 0) is 4.79 Å². The number of aromatic nitrogens is 1. The first kappa shape index (κ1) is 23.6. The number of aromatic carboxylic acids is 1. The van der Waals surface area contributed by atoms with Crippen molar-refractivity contribution in [1.82, 2.24) is 4.57 Å². The van der Waals surface area contributed by atoms with Crippen molar-refractivity contribution in [3.8, 4) is 17.2 Å². The van der Waals surface area contributed by atoms with Crippen molar-refractivity contribution in [1.29, 1.82) is 5.26 Å². The summed E-state index contributed by atoms with van der Waals surface area (Å²) in [5.74, 6) is -1.81. The first-order valence-corrected chi connectivity index (χ1v) is 9.88. The molecule has 7 nitrogen and oxygen atoms in total. The third-order valence-electron chi connectivity index (χ3n) is 4.93. The minimum Gasteiger partial charge on any atom is -0.478 e. The highest BCUT2D eigenvalue weighted by Crippen LogP contribution is 2.34. The number of nitriles is 1. The first-order chi connectivity index (χ1) is 15.6. The van der Waals surface area contributed by atoms with E-state index in [2.05, 4.69) is 5.32 Å². The Morgan fingerprint density at radius 1 is 1.12 bits per heavy atom. The molecule has 1 unspecified atom stereocenters. The zero-order valence-electron chi connectivity index (χ0n) is 17.1. The molecule has 1 aromatic heterocycles. The van der Waals surface area contributed by atoms with Crippen LogP contribution in [-0.4, -0.2) is 21.6 Å². The maximum atomic E-state index is 13.9. The van der Waals surface area contributed by atoms with Crippen molar-refractivity contribution in [2.75, 3.05) is 5.32 Å². The number of carbonyl (C=O) groups excluding carboxylic acids is 1. The zero-order chi connectivity index (χ0) is 24.3. The Bertz CT molecular complexity index is 1330. The van der Waals surface area contributed by atoms with Gasteiger partial charge >= 0.3 is 5.97 Å². The van der Waals surface area contributed by atoms with Gasteiger partial charge in [0.15, 0.2) is 0 Å². The lowest BCUT2D eigenvalue weighted by Gasteiger charge is -2.19. The number of nitrogens with one attached hydrogen (secondary N) is 1. The van der Waals surface area contributed by atoms with Gasteiger partial charge in [0.05, 0.1) is 17.2 Å². The molecule has 10 heteroatoms. The molecule has 0 saturated heterocycles. The lowest BCUT2D eigenvalue weighted by molar-refractivity contribution is -0.118. The van der Waals surface area contributed by atoms with Crippen LogP contribution in [0.5, 0.6) is 0 Å². The van der Waals surface area contributed by atoms with E-state index in [1.165, 1.54) is 49.4 Å². The van der Waals surface area contributed by atoms with Crippen LogP contribution in [0.25, 0.3) is 11.1 Å². The third kappa shape index (κ3) is 5.07. The van der Waals surface area contributed by atoms with E-state index in [0.29, 0.717) is 0 Å². The van der Waals surface area contributed by atoms with Gasteiger partial charge in [-0.15, -0.1) is 0 Å². The van der Waals surface area contributed by atoms with E-state index in [1.807, 2.05) is 6.07 Å². The fourth-order valence-electron chi connectivity index (χ4n) is 3.18. The van der Waals surface area contributed by atoms with Crippen LogP contribution in [0.2, 0.25) is 5.02 Å². The molecule has 0 saturated carbocycles. The Morgan fingerprint density at radius 3 is 2.36 bits per heavy atom. The fraction of sp³-hybridized carbons (Fsp3) is 0.130. The number of pyridine rings is 1. The van der Waals surface area contributed by atoms with Gasteiger partial charge in [-0.1, -0.05) is 11.6 Å². The summed E-state index contributed by atoms with van der Waals surface area (Å²) in [7, 11) is 0. The van der Waals surface area contributed by atoms with Gasteiger partial charge in [0, 0.05) is 34.1 Å². The van der Waals surface area contributed by atoms with E-state index < -0.39 is 35.5 Å². The molecule has 0 aliphatic rings. The summed E-state index contributed by atoms with van der Waals surface area (Å²) in [4.78, 5) is 36.3. The summed E-state index contributed by atoms with van der Waals surface area (Å²) in [6.45, 7) is 1.36. The lowest BCUT2D eigenvalue weighted by atomic mass is 9.97. The molecule has 0 aliphatic heterocycles. The quantitative estimate of drug-likeness (QED) is 0.532. The topological polar surface area (TPSA) is 112 Å². The number of alkyl halides is 2. The van der Waals surface area contributed by atoms with E-state index >= 15 is 0 Å². The largest absolute Gasteiger partial charge is 0.478 e. The summed E-state index contributed by atoms with van der Waals surface area (Å²) in [6, 6.07) is 11.1. The number of benzene rings is 2. The average molecular weight is 472 g/mol. The van der Waals surface area contributed by atoms with E-state index in [4.69, 9.17) is 16.7 Å². The van der Waals surface area contributed by atoms with Crippen molar-refractivity contribution < 1.29 is 23.5 Å². The zero-order valence-corrected chi connectivity index (χ0v) is 17.8. The molecule has 2 N–H and O–H groups in total. The maximum Gasteiger partial charge on any atom is 0.335 e. The molecule has 1 amide bonds. The number of carboxylic acid groups (broad SMARTS) is 1. The molecular formula is C23H16ClF2N3O4. The highest BCUT2D eigenvalue weighted by atomic mass is 35.5. The minimum atomic E-state index is -3.00. The van der Waals surface area contributed by atoms with Crippen molar-refractivity contribution in [2.24, 2.45) is 0 Å². The molecule has 168 valence electrons. The number of halogens is 3. The Hall–Kier alpha value is -4.03. The van der Waals surface area contributed by atoms with Crippen LogP contribution in [0.1, 0.15) is 40.9 Å². The van der Waals surface area contributed by atoms with Crippen LogP contribution in [0.4, 0.5) is 14.5 Å². The van der Waals surface area contributed by atoms with Gasteiger partial charge < -0.3 is 15.0 Å². The second kappa shape index (κ2) is 9.63. The number of amides is 1. The summed E-state index contributed by atoms with van der Waals surface area (Å²) >= 11 is 5.96. The van der Waals surface area contributed by atoms with Gasteiger partial charge in [-0.2, -0.15) is 5.26 Å². The fourth-order valence-corrected chi connectivity index (χ4v) is 3.35. The molecule has 0 spiro atoms. The second-order valence-corrected chi connectivity index (χ2v) is 7.47. The predicted molar refractivity (Wildman–Crippen MR) is 118 cm³/mol. The summed E-state index contributed by atoms with van der Waals surface area (Å²) in [5, 5.41) is 21.0. The molecule has 1 atom stereocenters. The van der Waals surface area contributed by atoms with E-state index in [9.17, 15) is 28.4 Å². The first-order valence-electron chi connectivity index (χ1n) is 9.51. The second-order valence-electron chi connectivity index (χ2n) is 7.04. The van der Waals surface area contributed by atoms with Gasteiger partial charge in [-0.3, -0.25) is 9.59 Å². The monoisotopic (exact) mass is 471 g/mol. The summed E-state index contributed by atoms with van der Waals surface area (Å²) in [6.07, 6.45) is -2.11. The Balaban J connectivity index is 1.99. The lowest BCUT2D eigenvalue weighted by Crippen LogP contribution is -2.31. The van der Waals surface area contributed by atoms with Crippen molar-refractivity contribution >= 4 is 29.2 Å². The Kier molecular flexibility index (Phi) is 6.89. The van der Waals surface area contributed by atoms with Crippen LogP contribution in [0.3, 0.4) is 0 Å². The number of rotatable bonds is 6. The van der Waals surface area contributed by atoms with Gasteiger partial charge in [0.1, 0.15) is 6.04 Å². The number of hydrogen-bond donors (Lipinski definition) is 2. The molecule has 0 bridgehead atoms. The van der Waals surface area contributed by atoms with Crippen LogP contribution in [0, 0.1) is 11.3 Å². The summed E-state index contributed by atoms with van der Waals surface area (Å²) < 4.78 is 28.7. The van der Waals surface area contributed by atoms with Gasteiger partial charge in [-0.05, 0) is 55.0 Å². The van der Waals surface area contributed by atoms with Gasteiger partial charge in [-0.25, -0.2) is 13.6 Å². The van der Waals surface area contributed by atoms with Crippen molar-refractivity contribution in [2.45, 2.75) is 19.4 Å². The molecule has 3 aromatic rings.